The molecule has 0 radical (unpaired) electrons. The van der Waals surface area contributed by atoms with Crippen molar-refractivity contribution in [1.82, 2.24) is 14.5 Å². The standard InChI is InChI=1S/C15H20ClN3O/c1-18-8-6-11(7-9-18)19-12-4-3-5-13(20-2)15(12)17-14(19)10-16/h3-5,11H,6-10H2,1-2H3. The fraction of sp³-hybridized carbons (Fsp3) is 0.533. The molecule has 2 aromatic rings. The summed E-state index contributed by atoms with van der Waals surface area (Å²) >= 11 is 6.11. The van der Waals surface area contributed by atoms with Crippen LogP contribution >= 0.6 is 11.6 Å². The van der Waals surface area contributed by atoms with E-state index in [0.29, 0.717) is 11.9 Å². The Morgan fingerprint density at radius 1 is 1.35 bits per heavy atom. The van der Waals surface area contributed by atoms with Gasteiger partial charge in [-0.05, 0) is 45.1 Å². The monoisotopic (exact) mass is 293 g/mol. The number of piperidine rings is 1. The maximum Gasteiger partial charge on any atom is 0.146 e. The lowest BCUT2D eigenvalue weighted by atomic mass is 10.0. The minimum absolute atomic E-state index is 0.435. The van der Waals surface area contributed by atoms with E-state index in [-0.39, 0.29) is 0 Å². The zero-order chi connectivity index (χ0) is 14.1. The molecule has 1 saturated heterocycles. The number of methoxy groups -OCH3 is 1. The predicted molar refractivity (Wildman–Crippen MR) is 81.6 cm³/mol. The van der Waals surface area contributed by atoms with Gasteiger partial charge in [0, 0.05) is 6.04 Å². The Hall–Kier alpha value is -1.26. The molecular formula is C15H20ClN3O. The third kappa shape index (κ3) is 2.27. The molecule has 0 aliphatic carbocycles. The van der Waals surface area contributed by atoms with Gasteiger partial charge in [0.25, 0.3) is 0 Å². The highest BCUT2D eigenvalue weighted by atomic mass is 35.5. The number of alkyl halides is 1. The summed E-state index contributed by atoms with van der Waals surface area (Å²) in [5.41, 5.74) is 2.05. The summed E-state index contributed by atoms with van der Waals surface area (Å²) in [7, 11) is 3.86. The molecule has 0 atom stereocenters. The van der Waals surface area contributed by atoms with Crippen molar-refractivity contribution in [1.29, 1.82) is 0 Å². The summed E-state index contributed by atoms with van der Waals surface area (Å²) in [6.07, 6.45) is 2.28. The first-order valence-corrected chi connectivity index (χ1v) is 7.56. The number of imidazole rings is 1. The molecule has 1 aliphatic heterocycles. The van der Waals surface area contributed by atoms with Crippen LogP contribution in [0.2, 0.25) is 0 Å². The fourth-order valence-corrected chi connectivity index (χ4v) is 3.25. The van der Waals surface area contributed by atoms with Gasteiger partial charge in [0.15, 0.2) is 0 Å². The lowest BCUT2D eigenvalue weighted by Crippen LogP contribution is -2.31. The first-order valence-electron chi connectivity index (χ1n) is 7.03. The fourth-order valence-electron chi connectivity index (χ4n) is 3.06. The molecule has 5 heteroatoms. The molecule has 4 nitrogen and oxygen atoms in total. The predicted octanol–water partition coefficient (Wildman–Crippen LogP) is 3.05. The van der Waals surface area contributed by atoms with E-state index in [2.05, 4.69) is 27.6 Å². The van der Waals surface area contributed by atoms with Crippen LogP contribution in [0.5, 0.6) is 5.75 Å². The molecule has 0 N–H and O–H groups in total. The number of hydrogen-bond donors (Lipinski definition) is 0. The zero-order valence-electron chi connectivity index (χ0n) is 12.0. The molecule has 1 fully saturated rings. The summed E-state index contributed by atoms with van der Waals surface area (Å²) in [5, 5.41) is 0. The molecule has 1 aromatic heterocycles. The molecule has 0 bridgehead atoms. The number of fused-ring (bicyclic) bond motifs is 1. The lowest BCUT2D eigenvalue weighted by molar-refractivity contribution is 0.222. The van der Waals surface area contributed by atoms with Crippen molar-refractivity contribution in [3.05, 3.63) is 24.0 Å². The minimum atomic E-state index is 0.435. The van der Waals surface area contributed by atoms with Crippen LogP contribution in [0.25, 0.3) is 11.0 Å². The number of ether oxygens (including phenoxy) is 1. The van der Waals surface area contributed by atoms with E-state index in [1.54, 1.807) is 7.11 Å². The molecule has 0 amide bonds. The third-order valence-corrected chi connectivity index (χ3v) is 4.39. The van der Waals surface area contributed by atoms with Gasteiger partial charge in [-0.15, -0.1) is 11.6 Å². The normalized spacial score (nSPS) is 17.8. The Bertz CT molecular complexity index is 602. The largest absolute Gasteiger partial charge is 0.494 e. The number of aromatic nitrogens is 2. The number of nitrogens with zero attached hydrogens (tertiary/aromatic N) is 3. The third-order valence-electron chi connectivity index (χ3n) is 4.15. The average molecular weight is 294 g/mol. The second-order valence-corrected chi connectivity index (χ2v) is 5.66. The van der Waals surface area contributed by atoms with Crippen LogP contribution in [0.3, 0.4) is 0 Å². The Balaban J connectivity index is 2.09. The van der Waals surface area contributed by atoms with Crippen molar-refractivity contribution in [2.24, 2.45) is 0 Å². The van der Waals surface area contributed by atoms with Crippen molar-refractivity contribution in [3.8, 4) is 5.75 Å². The molecule has 1 aliphatic rings. The number of halogens is 1. The van der Waals surface area contributed by atoms with Crippen LogP contribution in [-0.2, 0) is 5.88 Å². The lowest BCUT2D eigenvalue weighted by Gasteiger charge is -2.31. The number of likely N-dealkylation sites (tertiary alicyclic amines) is 1. The molecule has 3 rings (SSSR count). The van der Waals surface area contributed by atoms with E-state index >= 15 is 0 Å². The molecule has 0 unspecified atom stereocenters. The topological polar surface area (TPSA) is 30.3 Å². The van der Waals surface area contributed by atoms with Gasteiger partial charge in [-0.3, -0.25) is 0 Å². The molecule has 0 saturated carbocycles. The number of para-hydroxylation sites is 1. The van der Waals surface area contributed by atoms with Crippen LogP contribution in [-0.4, -0.2) is 41.7 Å². The van der Waals surface area contributed by atoms with Gasteiger partial charge in [0.1, 0.15) is 17.1 Å². The molecule has 2 heterocycles. The highest BCUT2D eigenvalue weighted by Crippen LogP contribution is 2.32. The van der Waals surface area contributed by atoms with Crippen molar-refractivity contribution < 1.29 is 4.74 Å². The maximum absolute atomic E-state index is 6.11. The summed E-state index contributed by atoms with van der Waals surface area (Å²) in [6, 6.07) is 6.56. The van der Waals surface area contributed by atoms with Gasteiger partial charge in [0.2, 0.25) is 0 Å². The summed E-state index contributed by atoms with van der Waals surface area (Å²) < 4.78 is 7.73. The Morgan fingerprint density at radius 2 is 2.10 bits per heavy atom. The summed E-state index contributed by atoms with van der Waals surface area (Å²) in [5.74, 6) is 2.20. The molecular weight excluding hydrogens is 274 g/mol. The highest BCUT2D eigenvalue weighted by Gasteiger charge is 2.23. The Labute approximate surface area is 124 Å². The second kappa shape index (κ2) is 5.62. The Kier molecular flexibility index (Phi) is 3.85. The maximum atomic E-state index is 6.11. The number of hydrogen-bond acceptors (Lipinski definition) is 3. The van der Waals surface area contributed by atoms with Crippen LogP contribution in [0.15, 0.2) is 18.2 Å². The van der Waals surface area contributed by atoms with Crippen molar-refractivity contribution in [2.75, 3.05) is 27.2 Å². The van der Waals surface area contributed by atoms with E-state index in [9.17, 15) is 0 Å². The smallest absolute Gasteiger partial charge is 0.146 e. The van der Waals surface area contributed by atoms with Crippen LogP contribution < -0.4 is 4.74 Å². The molecule has 20 heavy (non-hydrogen) atoms. The highest BCUT2D eigenvalue weighted by molar-refractivity contribution is 6.16. The summed E-state index contributed by atoms with van der Waals surface area (Å²) in [4.78, 5) is 7.06. The van der Waals surface area contributed by atoms with Crippen LogP contribution in [0, 0.1) is 0 Å². The van der Waals surface area contributed by atoms with Gasteiger partial charge < -0.3 is 14.2 Å². The molecule has 1 aromatic carbocycles. The SMILES string of the molecule is COc1cccc2c1nc(CCl)n2C1CCN(C)CC1. The molecule has 108 valence electrons. The van der Waals surface area contributed by atoms with Crippen molar-refractivity contribution >= 4 is 22.6 Å². The number of benzene rings is 1. The summed E-state index contributed by atoms with van der Waals surface area (Å²) in [6.45, 7) is 2.24. The van der Waals surface area contributed by atoms with Crippen molar-refractivity contribution in [2.45, 2.75) is 24.8 Å². The van der Waals surface area contributed by atoms with Gasteiger partial charge in [-0.2, -0.15) is 0 Å². The van der Waals surface area contributed by atoms with Gasteiger partial charge in [-0.1, -0.05) is 6.07 Å². The number of rotatable bonds is 3. The first-order chi connectivity index (χ1) is 9.74. The van der Waals surface area contributed by atoms with E-state index in [4.69, 9.17) is 16.3 Å². The zero-order valence-corrected chi connectivity index (χ0v) is 12.7. The quantitative estimate of drug-likeness (QED) is 0.815. The van der Waals surface area contributed by atoms with Crippen LogP contribution in [0.1, 0.15) is 24.7 Å². The average Bonchev–Trinajstić information content (AvgIpc) is 2.86. The minimum Gasteiger partial charge on any atom is -0.494 e. The van der Waals surface area contributed by atoms with Gasteiger partial charge in [0.05, 0.1) is 18.5 Å². The van der Waals surface area contributed by atoms with Gasteiger partial charge in [-0.25, -0.2) is 4.98 Å². The van der Waals surface area contributed by atoms with Gasteiger partial charge >= 0.3 is 0 Å². The van der Waals surface area contributed by atoms with E-state index in [0.717, 1.165) is 48.5 Å². The van der Waals surface area contributed by atoms with E-state index in [1.165, 1.54) is 0 Å². The molecule has 0 spiro atoms. The van der Waals surface area contributed by atoms with E-state index < -0.39 is 0 Å². The van der Waals surface area contributed by atoms with E-state index in [1.807, 2.05) is 12.1 Å². The second-order valence-electron chi connectivity index (χ2n) is 5.39. The van der Waals surface area contributed by atoms with Crippen LogP contribution in [0.4, 0.5) is 0 Å². The first kappa shape index (κ1) is 13.7. The Morgan fingerprint density at radius 3 is 2.75 bits per heavy atom. The van der Waals surface area contributed by atoms with Crippen molar-refractivity contribution in [3.63, 3.8) is 0 Å².